The van der Waals surface area contributed by atoms with Gasteiger partial charge in [-0.15, -0.1) is 0 Å². The highest BCUT2D eigenvalue weighted by molar-refractivity contribution is 5.82. The van der Waals surface area contributed by atoms with Crippen LogP contribution in [0.3, 0.4) is 0 Å². The molecule has 14 heavy (non-hydrogen) atoms. The van der Waals surface area contributed by atoms with Gasteiger partial charge in [0.15, 0.2) is 6.10 Å². The van der Waals surface area contributed by atoms with Gasteiger partial charge in [0.2, 0.25) is 0 Å². The molecule has 1 atom stereocenters. The maximum Gasteiger partial charge on any atom is 0.338 e. The van der Waals surface area contributed by atoms with Crippen molar-refractivity contribution in [3.8, 4) is 0 Å². The summed E-state index contributed by atoms with van der Waals surface area (Å²) in [6, 6.07) is 0. The first-order chi connectivity index (χ1) is 6.61. The Labute approximate surface area is 81.6 Å². The summed E-state index contributed by atoms with van der Waals surface area (Å²) in [5.41, 5.74) is 0. The second-order valence-electron chi connectivity index (χ2n) is 2.27. The first-order valence-corrected chi connectivity index (χ1v) is 3.86. The third-order valence-electron chi connectivity index (χ3n) is 1.17. The van der Waals surface area contributed by atoms with E-state index in [1.165, 1.54) is 6.08 Å². The van der Waals surface area contributed by atoms with Gasteiger partial charge in [0.05, 0.1) is 0 Å². The lowest BCUT2D eigenvalue weighted by molar-refractivity contribution is -0.158. The van der Waals surface area contributed by atoms with Crippen LogP contribution in [0.25, 0.3) is 0 Å². The monoisotopic (exact) mass is 200 g/mol. The summed E-state index contributed by atoms with van der Waals surface area (Å²) in [4.78, 5) is 21.4. The summed E-state index contributed by atoms with van der Waals surface area (Å²) in [6.45, 7) is 6.03. The number of esters is 2. The Morgan fingerprint density at radius 3 is 2.50 bits per heavy atom. The van der Waals surface area contributed by atoms with Crippen LogP contribution in [0.2, 0.25) is 0 Å². The van der Waals surface area contributed by atoms with Crippen LogP contribution >= 0.6 is 0 Å². The van der Waals surface area contributed by atoms with Gasteiger partial charge in [0, 0.05) is 6.08 Å². The quantitative estimate of drug-likeness (QED) is 0.365. The zero-order valence-electron chi connectivity index (χ0n) is 7.64. The maximum absolute atomic E-state index is 10.9. The number of aliphatic hydroxyl groups excluding tert-OH is 1. The van der Waals surface area contributed by atoms with Crippen molar-refractivity contribution < 1.29 is 24.2 Å². The van der Waals surface area contributed by atoms with E-state index < -0.39 is 24.6 Å². The minimum absolute atomic E-state index is 0.00526. The summed E-state index contributed by atoms with van der Waals surface area (Å²) in [5.74, 6) is -1.57. The normalized spacial score (nSPS) is 11.2. The van der Waals surface area contributed by atoms with Gasteiger partial charge in [-0.3, -0.25) is 0 Å². The fourth-order valence-electron chi connectivity index (χ4n) is 0.525. The van der Waals surface area contributed by atoms with Crippen LogP contribution < -0.4 is 0 Å². The minimum Gasteiger partial charge on any atom is -0.459 e. The van der Waals surface area contributed by atoms with E-state index in [1.54, 1.807) is 0 Å². The molecule has 0 radical (unpaired) electrons. The first kappa shape index (κ1) is 12.4. The number of aliphatic hydroxyl groups is 1. The number of carbonyl (C=O) groups is 2. The van der Waals surface area contributed by atoms with Gasteiger partial charge in [0.1, 0.15) is 13.2 Å². The number of rotatable bonds is 6. The molecule has 0 aromatic rings. The molecule has 5 nitrogen and oxygen atoms in total. The molecule has 0 spiro atoms. The third kappa shape index (κ3) is 5.10. The third-order valence-corrected chi connectivity index (χ3v) is 1.17. The van der Waals surface area contributed by atoms with Crippen LogP contribution in [0.1, 0.15) is 0 Å². The van der Waals surface area contributed by atoms with Gasteiger partial charge in [-0.25, -0.2) is 9.59 Å². The summed E-state index contributed by atoms with van der Waals surface area (Å²) < 4.78 is 8.92. The number of carbonyl (C=O) groups excluding carboxylic acids is 2. The second kappa shape index (κ2) is 6.85. The molecule has 0 amide bonds. The van der Waals surface area contributed by atoms with Gasteiger partial charge in [-0.1, -0.05) is 19.2 Å². The van der Waals surface area contributed by atoms with Crippen LogP contribution in [-0.2, 0) is 19.1 Å². The SMILES string of the molecule is C=CCOC(=O)C(O)COC(=O)C=C. The van der Waals surface area contributed by atoms with Crippen LogP contribution in [-0.4, -0.2) is 36.4 Å². The Kier molecular flexibility index (Phi) is 6.06. The van der Waals surface area contributed by atoms with Crippen LogP contribution in [0, 0.1) is 0 Å². The smallest absolute Gasteiger partial charge is 0.338 e. The molecule has 0 saturated heterocycles. The predicted molar refractivity (Wildman–Crippen MR) is 48.3 cm³/mol. The maximum atomic E-state index is 10.9. The summed E-state index contributed by atoms with van der Waals surface area (Å²) >= 11 is 0. The summed E-state index contributed by atoms with van der Waals surface area (Å²) in [5, 5.41) is 9.07. The Balaban J connectivity index is 3.77. The van der Waals surface area contributed by atoms with Crippen molar-refractivity contribution in [2.75, 3.05) is 13.2 Å². The summed E-state index contributed by atoms with van der Waals surface area (Å²) in [6.07, 6.45) is 0.821. The van der Waals surface area contributed by atoms with Crippen molar-refractivity contribution in [2.24, 2.45) is 0 Å². The van der Waals surface area contributed by atoms with E-state index in [0.29, 0.717) is 0 Å². The molecule has 5 heteroatoms. The highest BCUT2D eigenvalue weighted by atomic mass is 16.6. The van der Waals surface area contributed by atoms with Crippen LogP contribution in [0.4, 0.5) is 0 Å². The molecule has 78 valence electrons. The fourth-order valence-corrected chi connectivity index (χ4v) is 0.525. The highest BCUT2D eigenvalue weighted by Gasteiger charge is 2.17. The first-order valence-electron chi connectivity index (χ1n) is 3.86. The van der Waals surface area contributed by atoms with E-state index in [-0.39, 0.29) is 6.61 Å². The van der Waals surface area contributed by atoms with Gasteiger partial charge in [-0.05, 0) is 0 Å². The summed E-state index contributed by atoms with van der Waals surface area (Å²) in [7, 11) is 0. The highest BCUT2D eigenvalue weighted by Crippen LogP contribution is 1.91. The molecule has 0 rings (SSSR count). The van der Waals surface area contributed by atoms with Crippen molar-refractivity contribution in [1.29, 1.82) is 0 Å². The Morgan fingerprint density at radius 1 is 1.36 bits per heavy atom. The topological polar surface area (TPSA) is 72.8 Å². The van der Waals surface area contributed by atoms with Crippen molar-refractivity contribution in [3.05, 3.63) is 25.3 Å². The molecule has 0 aromatic heterocycles. The molecule has 0 heterocycles. The van der Waals surface area contributed by atoms with Crippen molar-refractivity contribution in [1.82, 2.24) is 0 Å². The van der Waals surface area contributed by atoms with Gasteiger partial charge >= 0.3 is 11.9 Å². The van der Waals surface area contributed by atoms with E-state index in [2.05, 4.69) is 22.6 Å². The molecule has 0 aliphatic rings. The zero-order valence-corrected chi connectivity index (χ0v) is 7.64. The lowest BCUT2D eigenvalue weighted by Crippen LogP contribution is -2.29. The molecule has 0 aliphatic carbocycles. The van der Waals surface area contributed by atoms with Crippen molar-refractivity contribution in [2.45, 2.75) is 6.10 Å². The molecule has 0 aromatic carbocycles. The van der Waals surface area contributed by atoms with Crippen molar-refractivity contribution in [3.63, 3.8) is 0 Å². The molecular formula is C9H12O5. The van der Waals surface area contributed by atoms with Crippen LogP contribution in [0.15, 0.2) is 25.3 Å². The second-order valence-corrected chi connectivity index (χ2v) is 2.27. The molecule has 1 N–H and O–H groups in total. The van der Waals surface area contributed by atoms with Gasteiger partial charge in [0.25, 0.3) is 0 Å². The average molecular weight is 200 g/mol. The molecule has 0 bridgehead atoms. The molecule has 0 aliphatic heterocycles. The van der Waals surface area contributed by atoms with E-state index in [4.69, 9.17) is 5.11 Å². The molecule has 0 saturated carbocycles. The number of hydrogen-bond acceptors (Lipinski definition) is 5. The largest absolute Gasteiger partial charge is 0.459 e. The van der Waals surface area contributed by atoms with E-state index in [0.717, 1.165) is 6.08 Å². The van der Waals surface area contributed by atoms with Gasteiger partial charge in [-0.2, -0.15) is 0 Å². The van der Waals surface area contributed by atoms with Crippen LogP contribution in [0.5, 0.6) is 0 Å². The van der Waals surface area contributed by atoms with Crippen molar-refractivity contribution >= 4 is 11.9 Å². The van der Waals surface area contributed by atoms with E-state index >= 15 is 0 Å². The van der Waals surface area contributed by atoms with E-state index in [9.17, 15) is 9.59 Å². The molecule has 0 fully saturated rings. The Bertz CT molecular complexity index is 233. The number of hydrogen-bond donors (Lipinski definition) is 1. The lowest BCUT2D eigenvalue weighted by atomic mass is 10.4. The average Bonchev–Trinajstić information content (AvgIpc) is 2.21. The number of ether oxygens (including phenoxy) is 2. The fraction of sp³-hybridized carbons (Fsp3) is 0.333. The molecule has 1 unspecified atom stereocenters. The van der Waals surface area contributed by atoms with E-state index in [1.807, 2.05) is 0 Å². The molecular weight excluding hydrogens is 188 g/mol. The Hall–Kier alpha value is -1.62. The Morgan fingerprint density at radius 2 is 2.00 bits per heavy atom. The lowest BCUT2D eigenvalue weighted by Gasteiger charge is -2.08. The predicted octanol–water partition coefficient (Wildman–Crippen LogP) is -0.194. The minimum atomic E-state index is -1.47. The van der Waals surface area contributed by atoms with Gasteiger partial charge < -0.3 is 14.6 Å². The standard InChI is InChI=1S/C9H12O5/c1-3-5-13-9(12)7(10)6-14-8(11)4-2/h3-4,7,10H,1-2,5-6H2. The zero-order chi connectivity index (χ0) is 11.0.